The molecule has 0 saturated carbocycles. The molecule has 0 aromatic heterocycles. The highest BCUT2D eigenvalue weighted by molar-refractivity contribution is 6.23. The zero-order chi connectivity index (χ0) is 31.4. The van der Waals surface area contributed by atoms with Crippen LogP contribution in [0.2, 0.25) is 0 Å². The zero-order valence-corrected chi connectivity index (χ0v) is 27.8. The normalized spacial score (nSPS) is 27.3. The lowest BCUT2D eigenvalue weighted by Crippen LogP contribution is -2.56. The van der Waals surface area contributed by atoms with Crippen LogP contribution < -0.4 is 0 Å². The van der Waals surface area contributed by atoms with Gasteiger partial charge in [-0.15, -0.1) is 0 Å². The fraction of sp³-hybridized carbons (Fsp3) is 0.415. The van der Waals surface area contributed by atoms with Crippen molar-refractivity contribution in [2.24, 2.45) is 16.2 Å². The van der Waals surface area contributed by atoms with E-state index in [1.54, 1.807) is 6.92 Å². The summed E-state index contributed by atoms with van der Waals surface area (Å²) in [6.45, 7) is 26.4. The molecule has 0 N–H and O–H groups in total. The summed E-state index contributed by atoms with van der Waals surface area (Å²) >= 11 is 0. The third kappa shape index (κ3) is 3.98. The fourth-order valence-electron chi connectivity index (χ4n) is 9.62. The molecule has 3 aliphatic carbocycles. The fourth-order valence-corrected chi connectivity index (χ4v) is 9.62. The van der Waals surface area contributed by atoms with E-state index in [-0.39, 0.29) is 27.8 Å². The van der Waals surface area contributed by atoms with Gasteiger partial charge >= 0.3 is 0 Å². The third-order valence-electron chi connectivity index (χ3n) is 11.6. The van der Waals surface area contributed by atoms with Crippen LogP contribution in [-0.4, -0.2) is 11.6 Å². The van der Waals surface area contributed by atoms with Crippen LogP contribution in [0.4, 0.5) is 0 Å². The second-order valence-corrected chi connectivity index (χ2v) is 15.6. The summed E-state index contributed by atoms with van der Waals surface area (Å²) in [6.07, 6.45) is 2.51. The standard InChI is InChI=1S/C41H46O2/c1-23-20-40(10)22-39(9)21-32-31(30-17-16-28-14-12-13-15-29(28)18-30)19-33(38(6,7)8)24(2)35(32)25(3)36(39)26(4)41(40,11)37(43)34(23)27(5)42/h12-19H,3,20-22H2,1-2,4-11H3/t39-,40+,41+/m1/s1. The molecule has 0 radical (unpaired) electrons. The summed E-state index contributed by atoms with van der Waals surface area (Å²) in [5.41, 5.74) is 11.2. The monoisotopic (exact) mass is 570 g/mol. The van der Waals surface area contributed by atoms with Gasteiger partial charge in [-0.1, -0.05) is 94.8 Å². The number of allylic oxidation sites excluding steroid dienone is 5. The summed E-state index contributed by atoms with van der Waals surface area (Å²) < 4.78 is 0. The van der Waals surface area contributed by atoms with Crippen molar-refractivity contribution in [1.29, 1.82) is 0 Å². The Kier molecular flexibility index (Phi) is 6.35. The Bertz CT molecular complexity index is 1850. The lowest BCUT2D eigenvalue weighted by molar-refractivity contribution is -0.134. The minimum atomic E-state index is -0.750. The predicted molar refractivity (Wildman–Crippen MR) is 180 cm³/mol. The molecule has 2 heteroatoms. The maximum atomic E-state index is 14.3. The van der Waals surface area contributed by atoms with E-state index in [0.29, 0.717) is 5.57 Å². The Labute approximate surface area is 258 Å². The lowest BCUT2D eigenvalue weighted by atomic mass is 9.42. The molecule has 2 nitrogen and oxygen atoms in total. The van der Waals surface area contributed by atoms with Gasteiger partial charge in [0.05, 0.1) is 11.0 Å². The van der Waals surface area contributed by atoms with Gasteiger partial charge in [0.15, 0.2) is 11.6 Å². The van der Waals surface area contributed by atoms with Gasteiger partial charge in [-0.3, -0.25) is 9.59 Å². The summed E-state index contributed by atoms with van der Waals surface area (Å²) in [6, 6.07) is 17.9. The maximum absolute atomic E-state index is 14.3. The predicted octanol–water partition coefficient (Wildman–Crippen LogP) is 10.3. The van der Waals surface area contributed by atoms with Gasteiger partial charge in [0.2, 0.25) is 0 Å². The van der Waals surface area contributed by atoms with Gasteiger partial charge < -0.3 is 0 Å². The molecule has 0 spiro atoms. The van der Waals surface area contributed by atoms with Crippen molar-refractivity contribution in [2.45, 2.75) is 93.9 Å². The molecular formula is C41H46O2. The highest BCUT2D eigenvalue weighted by Crippen LogP contribution is 2.68. The SMILES string of the molecule is C=C1C2=C(C)[C@@]3(C)C(=O)C(C(C)=O)=C(C)C[C@@]3(C)C[C@@]2(C)Cc2c(-c3ccc4ccccc4c3)cc(C(C)(C)C)c(C)c21. The summed E-state index contributed by atoms with van der Waals surface area (Å²) in [7, 11) is 0. The number of ketones is 2. The first kappa shape index (κ1) is 29.5. The molecule has 3 aliphatic rings. The Morgan fingerprint density at radius 2 is 1.56 bits per heavy atom. The van der Waals surface area contributed by atoms with Crippen molar-refractivity contribution in [3.8, 4) is 11.1 Å². The van der Waals surface area contributed by atoms with Gasteiger partial charge in [-0.2, -0.15) is 0 Å². The van der Waals surface area contributed by atoms with Crippen molar-refractivity contribution >= 4 is 27.9 Å². The van der Waals surface area contributed by atoms with Crippen LogP contribution in [-0.2, 0) is 21.4 Å². The lowest BCUT2D eigenvalue weighted by Gasteiger charge is -2.60. The van der Waals surface area contributed by atoms with Crippen LogP contribution in [0.3, 0.4) is 0 Å². The molecule has 0 saturated heterocycles. The smallest absolute Gasteiger partial charge is 0.176 e. The van der Waals surface area contributed by atoms with Gasteiger partial charge in [0.1, 0.15) is 0 Å². The van der Waals surface area contributed by atoms with Gasteiger partial charge in [-0.05, 0) is 131 Å². The molecule has 0 aliphatic heterocycles. The van der Waals surface area contributed by atoms with Crippen LogP contribution in [0.15, 0.2) is 77.4 Å². The average molecular weight is 571 g/mol. The Morgan fingerprint density at radius 1 is 0.907 bits per heavy atom. The number of rotatable bonds is 2. The Balaban J connectivity index is 1.65. The summed E-state index contributed by atoms with van der Waals surface area (Å²) in [4.78, 5) is 27.1. The van der Waals surface area contributed by atoms with Crippen molar-refractivity contribution in [2.75, 3.05) is 0 Å². The van der Waals surface area contributed by atoms with E-state index in [1.807, 2.05) is 6.92 Å². The average Bonchev–Trinajstić information content (AvgIpc) is 2.89. The van der Waals surface area contributed by atoms with E-state index in [2.05, 4.69) is 104 Å². The maximum Gasteiger partial charge on any atom is 0.176 e. The summed E-state index contributed by atoms with van der Waals surface area (Å²) in [5.74, 6) is -0.121. The van der Waals surface area contributed by atoms with E-state index in [9.17, 15) is 9.59 Å². The molecule has 0 amide bonds. The highest BCUT2D eigenvalue weighted by Gasteiger charge is 2.62. The van der Waals surface area contributed by atoms with Crippen molar-refractivity contribution in [3.05, 3.63) is 99.7 Å². The van der Waals surface area contributed by atoms with Crippen molar-refractivity contribution < 1.29 is 9.59 Å². The number of hydrogen-bond donors (Lipinski definition) is 0. The molecule has 6 rings (SSSR count). The molecule has 222 valence electrons. The first-order chi connectivity index (χ1) is 19.9. The minimum absolute atomic E-state index is 0.00564. The van der Waals surface area contributed by atoms with Crippen molar-refractivity contribution in [1.82, 2.24) is 0 Å². The van der Waals surface area contributed by atoms with E-state index in [1.165, 1.54) is 49.7 Å². The first-order valence-electron chi connectivity index (χ1n) is 15.8. The summed E-state index contributed by atoms with van der Waals surface area (Å²) in [5, 5.41) is 2.49. The second kappa shape index (κ2) is 9.24. The Morgan fingerprint density at radius 3 is 2.19 bits per heavy atom. The van der Waals surface area contributed by atoms with E-state index in [4.69, 9.17) is 6.58 Å². The van der Waals surface area contributed by atoms with Crippen LogP contribution in [0.1, 0.15) is 97.4 Å². The number of carbonyl (C=O) groups excluding carboxylic acids is 2. The largest absolute Gasteiger partial charge is 0.294 e. The molecular weight excluding hydrogens is 524 g/mol. The van der Waals surface area contributed by atoms with Crippen LogP contribution in [0, 0.1) is 23.2 Å². The quantitative estimate of drug-likeness (QED) is 0.287. The number of fused-ring (bicyclic) bond motifs is 4. The zero-order valence-electron chi connectivity index (χ0n) is 27.8. The molecule has 43 heavy (non-hydrogen) atoms. The van der Waals surface area contributed by atoms with Gasteiger partial charge in [0, 0.05) is 0 Å². The van der Waals surface area contributed by atoms with Gasteiger partial charge in [0.25, 0.3) is 0 Å². The van der Waals surface area contributed by atoms with Crippen molar-refractivity contribution in [3.63, 3.8) is 0 Å². The number of hydrogen-bond acceptors (Lipinski definition) is 2. The first-order valence-corrected chi connectivity index (χ1v) is 15.8. The minimum Gasteiger partial charge on any atom is -0.294 e. The molecule has 3 aromatic carbocycles. The molecule has 3 atom stereocenters. The molecule has 0 bridgehead atoms. The van der Waals surface area contributed by atoms with Gasteiger partial charge in [-0.25, -0.2) is 0 Å². The van der Waals surface area contributed by atoms with E-state index < -0.39 is 5.41 Å². The van der Waals surface area contributed by atoms with Crippen LogP contribution >= 0.6 is 0 Å². The topological polar surface area (TPSA) is 34.1 Å². The van der Waals surface area contributed by atoms with E-state index in [0.717, 1.165) is 36.0 Å². The van der Waals surface area contributed by atoms with Crippen LogP contribution in [0.5, 0.6) is 0 Å². The second-order valence-electron chi connectivity index (χ2n) is 15.6. The molecule has 3 aromatic rings. The molecule has 0 heterocycles. The van der Waals surface area contributed by atoms with E-state index >= 15 is 0 Å². The number of Topliss-reactive ketones (excluding diaryl/α,β-unsaturated/α-hetero) is 2. The van der Waals surface area contributed by atoms with Crippen LogP contribution in [0.25, 0.3) is 27.5 Å². The Hall–Kier alpha value is -3.52. The highest BCUT2D eigenvalue weighted by atomic mass is 16.1. The molecule has 0 fully saturated rings. The number of benzene rings is 3. The number of carbonyl (C=O) groups is 2. The third-order valence-corrected chi connectivity index (χ3v) is 11.6. The molecule has 0 unspecified atom stereocenters.